The number of carbonyl (C=O) groups excluding carboxylic acids is 1. The van der Waals surface area contributed by atoms with Crippen LogP contribution in [0.25, 0.3) is 33.3 Å². The van der Waals surface area contributed by atoms with Gasteiger partial charge in [-0.05, 0) is 63.9 Å². The summed E-state index contributed by atoms with van der Waals surface area (Å²) in [4.78, 5) is 26.4. The van der Waals surface area contributed by atoms with Gasteiger partial charge in [0.15, 0.2) is 0 Å². The van der Waals surface area contributed by atoms with Crippen LogP contribution in [0.2, 0.25) is 5.02 Å². The van der Waals surface area contributed by atoms with E-state index in [1.165, 1.54) is 6.07 Å². The van der Waals surface area contributed by atoms with Gasteiger partial charge < -0.3 is 20.3 Å². The molecule has 0 radical (unpaired) electrons. The Kier molecular flexibility index (Phi) is 7.31. The van der Waals surface area contributed by atoms with Crippen molar-refractivity contribution >= 4 is 40.2 Å². The van der Waals surface area contributed by atoms with Crippen LogP contribution in [0.5, 0.6) is 0 Å². The number of nitrogens with zero attached hydrogens (tertiary/aromatic N) is 4. The summed E-state index contributed by atoms with van der Waals surface area (Å²) in [5.74, 6) is 0.520. The number of ether oxygens (including phenoxy) is 1. The molecular weight excluding hydrogens is 529 g/mol. The Labute approximate surface area is 238 Å². The van der Waals surface area contributed by atoms with Crippen molar-refractivity contribution in [3.05, 3.63) is 71.0 Å². The number of benzene rings is 2. The van der Waals surface area contributed by atoms with Crippen LogP contribution in [0.1, 0.15) is 33.3 Å². The Morgan fingerprint density at radius 3 is 2.40 bits per heavy atom. The lowest BCUT2D eigenvalue weighted by atomic mass is 9.97. The molecule has 3 heterocycles. The first-order valence-corrected chi connectivity index (χ1v) is 13.7. The monoisotopic (exact) mass is 561 g/mol. The number of aromatic nitrogens is 2. The van der Waals surface area contributed by atoms with Crippen LogP contribution in [0.3, 0.4) is 0 Å². The molecule has 0 saturated carbocycles. The van der Waals surface area contributed by atoms with Gasteiger partial charge in [0.1, 0.15) is 23.1 Å². The Balaban J connectivity index is 1.66. The summed E-state index contributed by atoms with van der Waals surface area (Å²) in [6, 6.07) is 16.0. The van der Waals surface area contributed by atoms with Crippen molar-refractivity contribution in [2.75, 3.05) is 30.3 Å². The molecule has 2 aromatic carbocycles. The first-order chi connectivity index (χ1) is 18.9. The first kappa shape index (κ1) is 27.6. The molecule has 1 aliphatic rings. The topological polar surface area (TPSA) is 84.6 Å². The van der Waals surface area contributed by atoms with E-state index >= 15 is 0 Å². The van der Waals surface area contributed by atoms with Crippen LogP contribution in [0.4, 0.5) is 20.8 Å². The van der Waals surface area contributed by atoms with Crippen LogP contribution in [-0.2, 0) is 4.74 Å². The largest absolute Gasteiger partial charge is 0.444 e. The number of halogens is 2. The summed E-state index contributed by atoms with van der Waals surface area (Å²) in [5, 5.41) is 1.01. The fourth-order valence-corrected chi connectivity index (χ4v) is 5.40. The minimum Gasteiger partial charge on any atom is -0.444 e. The third-order valence-electron chi connectivity index (χ3n) is 7.03. The smallest absolute Gasteiger partial charge is 0.410 e. The van der Waals surface area contributed by atoms with E-state index in [0.29, 0.717) is 64.0 Å². The molecule has 2 N–H and O–H groups in total. The number of hydrogen-bond donors (Lipinski definition) is 1. The summed E-state index contributed by atoms with van der Waals surface area (Å²) in [6.07, 6.45) is -0.342. The van der Waals surface area contributed by atoms with Crippen molar-refractivity contribution in [1.82, 2.24) is 14.9 Å². The summed E-state index contributed by atoms with van der Waals surface area (Å²) in [6.45, 7) is 11.0. The third kappa shape index (κ3) is 5.28. The van der Waals surface area contributed by atoms with Gasteiger partial charge in [-0.25, -0.2) is 19.2 Å². The molecule has 4 aromatic rings. The molecule has 2 aromatic heterocycles. The molecule has 1 fully saturated rings. The molecule has 1 amide bonds. The van der Waals surface area contributed by atoms with Gasteiger partial charge in [0.25, 0.3) is 0 Å². The predicted octanol–water partition coefficient (Wildman–Crippen LogP) is 7.09. The van der Waals surface area contributed by atoms with Crippen LogP contribution < -0.4 is 10.6 Å². The van der Waals surface area contributed by atoms with E-state index in [-0.39, 0.29) is 12.1 Å². The Bertz CT molecular complexity index is 1600. The molecule has 0 aliphatic carbocycles. The van der Waals surface area contributed by atoms with Crippen LogP contribution >= 0.6 is 11.6 Å². The van der Waals surface area contributed by atoms with E-state index in [9.17, 15) is 9.18 Å². The van der Waals surface area contributed by atoms with Gasteiger partial charge in [-0.15, -0.1) is 0 Å². The number of nitrogens with two attached hydrogens (primary N) is 1. The number of fused-ring (bicyclic) bond motifs is 1. The first-order valence-electron chi connectivity index (χ1n) is 13.3. The lowest BCUT2D eigenvalue weighted by Gasteiger charge is -2.41. The highest BCUT2D eigenvalue weighted by Gasteiger charge is 2.32. The second-order valence-corrected chi connectivity index (χ2v) is 11.6. The van der Waals surface area contributed by atoms with Gasteiger partial charge in [-0.2, -0.15) is 0 Å². The highest BCUT2D eigenvalue weighted by Crippen LogP contribution is 2.42. The Morgan fingerprint density at radius 1 is 1.07 bits per heavy atom. The van der Waals surface area contributed by atoms with Crippen molar-refractivity contribution in [3.63, 3.8) is 0 Å². The lowest BCUT2D eigenvalue weighted by Crippen LogP contribution is -2.55. The highest BCUT2D eigenvalue weighted by molar-refractivity contribution is 6.34. The Hall–Kier alpha value is -3.91. The maximum atomic E-state index is 14.9. The average Bonchev–Trinajstić information content (AvgIpc) is 2.88. The van der Waals surface area contributed by atoms with Crippen molar-refractivity contribution in [1.29, 1.82) is 0 Å². The van der Waals surface area contributed by atoms with Gasteiger partial charge in [-0.3, -0.25) is 0 Å². The summed E-state index contributed by atoms with van der Waals surface area (Å²) in [5.41, 5.74) is 9.89. The molecule has 1 atom stereocenters. The number of pyridine rings is 2. The fourth-order valence-electron chi connectivity index (χ4n) is 5.15. The second-order valence-electron chi connectivity index (χ2n) is 11.2. The SMILES string of the molecule is Cc1ccccc1-c1c(N)nc(N2CCN(C(=O)OC(C)(C)C)CC2C)c2cc(Cl)c(-c3ccccc3F)nc12. The standard InChI is InChI=1S/C31H33ClFN5O2/c1-18-10-6-7-11-20(18)25-27-22(16-23(32)26(35-27)21-12-8-9-13-24(21)33)29(36-28(25)34)38-15-14-37(17-19(38)2)30(39)40-31(3,4)5/h6-13,16,19H,14-15,17H2,1-5H3,(H2,34,36). The normalized spacial score (nSPS) is 15.9. The van der Waals surface area contributed by atoms with Crippen LogP contribution in [-0.4, -0.2) is 52.2 Å². The number of rotatable bonds is 3. The van der Waals surface area contributed by atoms with Gasteiger partial charge in [0.2, 0.25) is 0 Å². The predicted molar refractivity (Wildman–Crippen MR) is 159 cm³/mol. The van der Waals surface area contributed by atoms with Crippen molar-refractivity contribution in [3.8, 4) is 22.4 Å². The minimum atomic E-state index is -0.576. The number of carbonyl (C=O) groups is 1. The average molecular weight is 562 g/mol. The maximum absolute atomic E-state index is 14.9. The van der Waals surface area contributed by atoms with Crippen molar-refractivity contribution in [2.45, 2.75) is 46.3 Å². The molecule has 1 unspecified atom stereocenters. The fraction of sp³-hybridized carbons (Fsp3) is 0.323. The highest BCUT2D eigenvalue weighted by atomic mass is 35.5. The number of anilines is 2. The minimum absolute atomic E-state index is 0.0919. The van der Waals surface area contributed by atoms with Gasteiger partial charge in [0.05, 0.1) is 21.8 Å². The zero-order chi connectivity index (χ0) is 28.8. The molecule has 9 heteroatoms. The van der Waals surface area contributed by atoms with Crippen LogP contribution in [0, 0.1) is 12.7 Å². The number of nitrogen functional groups attached to an aromatic ring is 1. The molecule has 0 bridgehead atoms. The summed E-state index contributed by atoms with van der Waals surface area (Å²) < 4.78 is 20.4. The zero-order valence-corrected chi connectivity index (χ0v) is 24.1. The van der Waals surface area contributed by atoms with E-state index in [4.69, 9.17) is 32.0 Å². The van der Waals surface area contributed by atoms with E-state index in [1.807, 2.05) is 58.9 Å². The zero-order valence-electron chi connectivity index (χ0n) is 23.3. The van der Waals surface area contributed by atoms with E-state index in [1.54, 1.807) is 29.2 Å². The van der Waals surface area contributed by atoms with Crippen molar-refractivity contribution in [2.24, 2.45) is 0 Å². The lowest BCUT2D eigenvalue weighted by molar-refractivity contribution is 0.0218. The van der Waals surface area contributed by atoms with Gasteiger partial charge in [0, 0.05) is 36.6 Å². The summed E-state index contributed by atoms with van der Waals surface area (Å²) in [7, 11) is 0. The maximum Gasteiger partial charge on any atom is 0.410 e. The van der Waals surface area contributed by atoms with Gasteiger partial charge in [-0.1, -0.05) is 48.0 Å². The van der Waals surface area contributed by atoms with E-state index in [0.717, 1.165) is 11.1 Å². The molecule has 7 nitrogen and oxygen atoms in total. The number of aryl methyl sites for hydroxylation is 1. The number of hydrogen-bond acceptors (Lipinski definition) is 6. The molecule has 208 valence electrons. The van der Waals surface area contributed by atoms with E-state index < -0.39 is 11.4 Å². The molecule has 1 aliphatic heterocycles. The number of amides is 1. The molecule has 1 saturated heterocycles. The van der Waals surface area contributed by atoms with Crippen LogP contribution in [0.15, 0.2) is 54.6 Å². The third-order valence-corrected chi connectivity index (χ3v) is 7.32. The quantitative estimate of drug-likeness (QED) is 0.287. The molecule has 0 spiro atoms. The number of piperazine rings is 1. The molecular formula is C31H33ClFN5O2. The summed E-state index contributed by atoms with van der Waals surface area (Å²) >= 11 is 6.78. The Morgan fingerprint density at radius 2 is 1.75 bits per heavy atom. The van der Waals surface area contributed by atoms with E-state index in [2.05, 4.69) is 4.90 Å². The van der Waals surface area contributed by atoms with Gasteiger partial charge >= 0.3 is 6.09 Å². The second kappa shape index (κ2) is 10.6. The molecule has 5 rings (SSSR count). The molecule has 40 heavy (non-hydrogen) atoms. The van der Waals surface area contributed by atoms with Crippen molar-refractivity contribution < 1.29 is 13.9 Å².